The summed E-state index contributed by atoms with van der Waals surface area (Å²) in [5, 5.41) is 0. The lowest BCUT2D eigenvalue weighted by atomic mass is 9.89. The molecule has 1 aromatic carbocycles. The van der Waals surface area contributed by atoms with E-state index in [1.807, 2.05) is 12.1 Å². The Morgan fingerprint density at radius 2 is 2.00 bits per heavy atom. The predicted molar refractivity (Wildman–Crippen MR) is 61.2 cm³/mol. The van der Waals surface area contributed by atoms with Gasteiger partial charge in [-0.3, -0.25) is 4.79 Å². The normalized spacial score (nSPS) is 14.9. The van der Waals surface area contributed by atoms with Crippen LogP contribution in [-0.2, 0) is 17.6 Å². The summed E-state index contributed by atoms with van der Waals surface area (Å²) in [4.78, 5) is 11.4. The van der Waals surface area contributed by atoms with Gasteiger partial charge in [-0.25, -0.2) is 0 Å². The zero-order chi connectivity index (χ0) is 11.0. The predicted octanol–water partition coefficient (Wildman–Crippen LogP) is 3.00. The third-order valence-electron chi connectivity index (χ3n) is 3.07. The van der Waals surface area contributed by atoms with Crippen molar-refractivity contribution in [1.29, 1.82) is 0 Å². The van der Waals surface area contributed by atoms with Gasteiger partial charge in [-0.15, -0.1) is 0 Å². The van der Waals surface area contributed by atoms with E-state index in [1.165, 1.54) is 5.56 Å². The largest absolute Gasteiger partial charge is 0.464 e. The fourth-order valence-corrected chi connectivity index (χ4v) is 2.21. The number of carbonyl (C=O) groups excluding carboxylic acids is 1. The SMILES string of the molecule is O=C1CCc2ccc(-c3ccco3)cc2C1. The number of carbonyl (C=O) groups is 1. The molecule has 2 heteroatoms. The minimum Gasteiger partial charge on any atom is -0.464 e. The molecule has 0 N–H and O–H groups in total. The van der Waals surface area contributed by atoms with E-state index in [4.69, 9.17) is 4.42 Å². The lowest BCUT2D eigenvalue weighted by Gasteiger charge is -2.15. The summed E-state index contributed by atoms with van der Waals surface area (Å²) < 4.78 is 5.35. The van der Waals surface area contributed by atoms with E-state index in [0.717, 1.165) is 23.3 Å². The number of fused-ring (bicyclic) bond motifs is 1. The molecule has 0 bridgehead atoms. The highest BCUT2D eigenvalue weighted by Gasteiger charge is 2.16. The van der Waals surface area contributed by atoms with Crippen LogP contribution in [0.15, 0.2) is 41.0 Å². The lowest BCUT2D eigenvalue weighted by Crippen LogP contribution is -2.12. The zero-order valence-corrected chi connectivity index (χ0v) is 8.90. The average Bonchev–Trinajstić information content (AvgIpc) is 2.81. The van der Waals surface area contributed by atoms with E-state index in [-0.39, 0.29) is 0 Å². The second-order valence-electron chi connectivity index (χ2n) is 4.18. The molecule has 3 rings (SSSR count). The van der Waals surface area contributed by atoms with Gasteiger partial charge in [0.25, 0.3) is 0 Å². The highest BCUT2D eigenvalue weighted by atomic mass is 16.3. The Labute approximate surface area is 93.9 Å². The Balaban J connectivity index is 2.04. The van der Waals surface area contributed by atoms with Gasteiger partial charge in [0.15, 0.2) is 0 Å². The van der Waals surface area contributed by atoms with E-state index >= 15 is 0 Å². The quantitative estimate of drug-likeness (QED) is 0.727. The monoisotopic (exact) mass is 212 g/mol. The van der Waals surface area contributed by atoms with Gasteiger partial charge in [-0.1, -0.05) is 12.1 Å². The van der Waals surface area contributed by atoms with Crippen LogP contribution in [0.1, 0.15) is 17.5 Å². The molecule has 0 saturated carbocycles. The van der Waals surface area contributed by atoms with Crippen LogP contribution >= 0.6 is 0 Å². The first-order valence-electron chi connectivity index (χ1n) is 5.50. The summed E-state index contributed by atoms with van der Waals surface area (Å²) in [7, 11) is 0. The summed E-state index contributed by atoms with van der Waals surface area (Å²) in [5.74, 6) is 1.20. The summed E-state index contributed by atoms with van der Waals surface area (Å²) in [5.41, 5.74) is 3.51. The van der Waals surface area contributed by atoms with Crippen LogP contribution in [0.2, 0.25) is 0 Å². The van der Waals surface area contributed by atoms with E-state index in [0.29, 0.717) is 18.6 Å². The molecule has 0 radical (unpaired) electrons. The van der Waals surface area contributed by atoms with Crippen LogP contribution < -0.4 is 0 Å². The summed E-state index contributed by atoms with van der Waals surface area (Å²) in [6.45, 7) is 0. The number of benzene rings is 1. The maximum atomic E-state index is 11.4. The van der Waals surface area contributed by atoms with E-state index < -0.39 is 0 Å². The van der Waals surface area contributed by atoms with Crippen molar-refractivity contribution in [2.75, 3.05) is 0 Å². The van der Waals surface area contributed by atoms with E-state index in [9.17, 15) is 4.79 Å². The van der Waals surface area contributed by atoms with Gasteiger partial charge in [-0.05, 0) is 35.7 Å². The maximum Gasteiger partial charge on any atom is 0.137 e. The third kappa shape index (κ3) is 1.56. The first kappa shape index (κ1) is 9.40. The summed E-state index contributed by atoms with van der Waals surface area (Å²) in [6, 6.07) is 10.1. The molecule has 1 aromatic heterocycles. The van der Waals surface area contributed by atoms with E-state index in [2.05, 4.69) is 18.2 Å². The van der Waals surface area contributed by atoms with Gasteiger partial charge in [0.2, 0.25) is 0 Å². The molecule has 0 fully saturated rings. The second-order valence-corrected chi connectivity index (χ2v) is 4.18. The molecule has 1 heterocycles. The van der Waals surface area contributed by atoms with Gasteiger partial charge < -0.3 is 4.42 Å². The molecule has 1 aliphatic carbocycles. The molecule has 0 amide bonds. The number of aryl methyl sites for hydroxylation is 1. The molecule has 0 saturated heterocycles. The van der Waals surface area contributed by atoms with Crippen molar-refractivity contribution < 1.29 is 9.21 Å². The fourth-order valence-electron chi connectivity index (χ4n) is 2.21. The topological polar surface area (TPSA) is 30.2 Å². The molecule has 0 spiro atoms. The number of hydrogen-bond donors (Lipinski definition) is 0. The Kier molecular flexibility index (Phi) is 2.13. The van der Waals surface area contributed by atoms with Gasteiger partial charge in [0.05, 0.1) is 6.26 Å². The van der Waals surface area contributed by atoms with Crippen molar-refractivity contribution in [2.24, 2.45) is 0 Å². The van der Waals surface area contributed by atoms with Crippen LogP contribution in [0.4, 0.5) is 0 Å². The first-order chi connectivity index (χ1) is 7.83. The fraction of sp³-hybridized carbons (Fsp3) is 0.214. The van der Waals surface area contributed by atoms with Gasteiger partial charge >= 0.3 is 0 Å². The molecule has 80 valence electrons. The molecule has 0 unspecified atom stereocenters. The van der Waals surface area contributed by atoms with Crippen molar-refractivity contribution in [2.45, 2.75) is 19.3 Å². The Morgan fingerprint density at radius 3 is 2.81 bits per heavy atom. The molecular weight excluding hydrogens is 200 g/mol. The molecule has 0 atom stereocenters. The number of ketones is 1. The molecule has 2 nitrogen and oxygen atoms in total. The van der Waals surface area contributed by atoms with E-state index in [1.54, 1.807) is 6.26 Å². The van der Waals surface area contributed by atoms with Crippen LogP contribution in [0.25, 0.3) is 11.3 Å². The van der Waals surface area contributed by atoms with Crippen molar-refractivity contribution in [3.8, 4) is 11.3 Å². The first-order valence-corrected chi connectivity index (χ1v) is 5.50. The summed E-state index contributed by atoms with van der Waals surface area (Å²) in [6.07, 6.45) is 3.81. The summed E-state index contributed by atoms with van der Waals surface area (Å²) >= 11 is 0. The molecular formula is C14H12O2. The molecule has 1 aliphatic rings. The van der Waals surface area contributed by atoms with Crippen LogP contribution in [0, 0.1) is 0 Å². The van der Waals surface area contributed by atoms with Gasteiger partial charge in [-0.2, -0.15) is 0 Å². The lowest BCUT2D eigenvalue weighted by molar-refractivity contribution is -0.118. The van der Waals surface area contributed by atoms with Gasteiger partial charge in [0, 0.05) is 18.4 Å². The molecule has 0 aliphatic heterocycles. The van der Waals surface area contributed by atoms with Crippen LogP contribution in [0.5, 0.6) is 0 Å². The highest BCUT2D eigenvalue weighted by molar-refractivity contribution is 5.83. The number of Topliss-reactive ketones (excluding diaryl/α,β-unsaturated/α-hetero) is 1. The Hall–Kier alpha value is -1.83. The van der Waals surface area contributed by atoms with Crippen LogP contribution in [-0.4, -0.2) is 5.78 Å². The number of furan rings is 1. The Morgan fingerprint density at radius 1 is 1.06 bits per heavy atom. The number of hydrogen-bond acceptors (Lipinski definition) is 2. The Bertz CT molecular complexity index is 524. The van der Waals surface area contributed by atoms with Crippen molar-refractivity contribution in [3.63, 3.8) is 0 Å². The smallest absolute Gasteiger partial charge is 0.137 e. The third-order valence-corrected chi connectivity index (χ3v) is 3.07. The average molecular weight is 212 g/mol. The molecule has 16 heavy (non-hydrogen) atoms. The zero-order valence-electron chi connectivity index (χ0n) is 8.90. The van der Waals surface area contributed by atoms with Crippen LogP contribution in [0.3, 0.4) is 0 Å². The highest BCUT2D eigenvalue weighted by Crippen LogP contribution is 2.26. The van der Waals surface area contributed by atoms with Crippen molar-refractivity contribution >= 4 is 5.78 Å². The number of rotatable bonds is 1. The maximum absolute atomic E-state index is 11.4. The minimum absolute atomic E-state index is 0.337. The van der Waals surface area contributed by atoms with Crippen molar-refractivity contribution in [3.05, 3.63) is 47.7 Å². The second kappa shape index (κ2) is 3.63. The molecule has 2 aromatic rings. The standard InChI is InChI=1S/C14H12O2/c15-13-6-5-10-3-4-11(8-12(10)9-13)14-2-1-7-16-14/h1-4,7-8H,5-6,9H2. The van der Waals surface area contributed by atoms with Gasteiger partial charge in [0.1, 0.15) is 11.5 Å². The minimum atomic E-state index is 0.337. The van der Waals surface area contributed by atoms with Crippen molar-refractivity contribution in [1.82, 2.24) is 0 Å².